The van der Waals surface area contributed by atoms with E-state index in [1.807, 2.05) is 37.3 Å². The molecule has 0 amide bonds. The Morgan fingerprint density at radius 3 is 2.68 bits per heavy atom. The van der Waals surface area contributed by atoms with Gasteiger partial charge in [0.05, 0.1) is 5.71 Å². The maximum atomic E-state index is 12.0. The Hall–Kier alpha value is -0.796. The van der Waals surface area contributed by atoms with Crippen LogP contribution in [0.1, 0.15) is 31.7 Å². The third kappa shape index (κ3) is 3.03. The van der Waals surface area contributed by atoms with Crippen LogP contribution < -0.4 is 5.43 Å². The van der Waals surface area contributed by atoms with Gasteiger partial charge in [-0.25, -0.2) is 0 Å². The molecule has 1 N–H and O–H groups in total. The smallest absolute Gasteiger partial charge is 0.131 e. The quantitative estimate of drug-likeness (QED) is 0.805. The molecule has 3 rings (SSSR count). The largest absolute Gasteiger partial charge is 0.304 e. The van der Waals surface area contributed by atoms with Crippen LogP contribution in [0.25, 0.3) is 0 Å². The minimum atomic E-state index is 0. The Kier molecular flexibility index (Phi) is 4.69. The number of Topliss-reactive ketones (excluding diaryl/α,β-unsaturated/α-hetero) is 1. The van der Waals surface area contributed by atoms with Gasteiger partial charge in [-0.15, -0.1) is 12.8 Å². The van der Waals surface area contributed by atoms with Gasteiger partial charge in [0.2, 0.25) is 0 Å². The van der Waals surface area contributed by atoms with Crippen molar-refractivity contribution in [1.82, 2.24) is 5.43 Å². The van der Waals surface area contributed by atoms with Gasteiger partial charge in [-0.05, 0) is 5.56 Å². The average Bonchev–Trinajstić information content (AvgIpc) is 2.39. The van der Waals surface area contributed by atoms with E-state index in [0.717, 1.165) is 29.0 Å². The fourth-order valence-electron chi connectivity index (χ4n) is 2.47. The van der Waals surface area contributed by atoms with Gasteiger partial charge in [-0.1, -0.05) is 30.3 Å². The number of rotatable bonds is 1. The molecule has 3 nitrogen and oxygen atoms in total. The van der Waals surface area contributed by atoms with Crippen LogP contribution >= 0.6 is 0 Å². The molecule has 1 aliphatic carbocycles. The summed E-state index contributed by atoms with van der Waals surface area (Å²) in [6.07, 6.45) is 2.09. The summed E-state index contributed by atoms with van der Waals surface area (Å²) < 4.78 is 0. The van der Waals surface area contributed by atoms with Gasteiger partial charge in [0.25, 0.3) is 0 Å². The minimum absolute atomic E-state index is 0. The summed E-state index contributed by atoms with van der Waals surface area (Å²) in [7, 11) is 0. The van der Waals surface area contributed by atoms with Crippen LogP contribution in [-0.4, -0.2) is 11.5 Å². The van der Waals surface area contributed by atoms with E-state index in [2.05, 4.69) is 10.5 Å². The Balaban J connectivity index is 0.00000133. The SMILES string of the molecule is C[C-]1CC(=O)C2=C(C1)NN=C(c1ccccc1)C2.[Y]. The summed E-state index contributed by atoms with van der Waals surface area (Å²) in [6, 6.07) is 10.0. The molecular weight excluding hydrogens is 313 g/mol. The van der Waals surface area contributed by atoms with Crippen molar-refractivity contribution in [2.24, 2.45) is 5.10 Å². The molecule has 0 unspecified atom stereocenters. The van der Waals surface area contributed by atoms with Crippen LogP contribution in [0.15, 0.2) is 46.7 Å². The van der Waals surface area contributed by atoms with Gasteiger partial charge in [0, 0.05) is 50.4 Å². The van der Waals surface area contributed by atoms with Crippen LogP contribution in [0.4, 0.5) is 0 Å². The Labute approximate surface area is 138 Å². The monoisotopic (exact) mass is 328 g/mol. The molecule has 1 aromatic rings. The number of nitrogens with one attached hydrogen (secondary N) is 1. The molecule has 4 heteroatoms. The second-order valence-corrected chi connectivity index (χ2v) is 4.90. The number of benzene rings is 1. The fraction of sp³-hybridized carbons (Fsp3) is 0.267. The second-order valence-electron chi connectivity index (χ2n) is 4.90. The summed E-state index contributed by atoms with van der Waals surface area (Å²) in [4.78, 5) is 12.0. The van der Waals surface area contributed by atoms with E-state index >= 15 is 0 Å². The zero-order valence-electron chi connectivity index (χ0n) is 10.9. The molecule has 2 aliphatic rings. The Morgan fingerprint density at radius 2 is 1.95 bits per heavy atom. The first-order chi connectivity index (χ1) is 8.74. The Bertz CT molecular complexity index is 549. The number of hydrogen-bond donors (Lipinski definition) is 1. The van der Waals surface area contributed by atoms with Crippen molar-refractivity contribution in [3.05, 3.63) is 53.1 Å². The summed E-state index contributed by atoms with van der Waals surface area (Å²) in [5.41, 5.74) is 6.98. The van der Waals surface area contributed by atoms with E-state index in [9.17, 15) is 4.79 Å². The van der Waals surface area contributed by atoms with Crippen LogP contribution in [-0.2, 0) is 37.5 Å². The summed E-state index contributed by atoms with van der Waals surface area (Å²) in [5.74, 6) is 1.45. The van der Waals surface area contributed by atoms with Crippen molar-refractivity contribution in [1.29, 1.82) is 0 Å². The summed E-state index contributed by atoms with van der Waals surface area (Å²) in [6.45, 7) is 2.03. The summed E-state index contributed by atoms with van der Waals surface area (Å²) in [5, 5.41) is 4.40. The van der Waals surface area contributed by atoms with Crippen LogP contribution in [0, 0.1) is 5.92 Å². The zero-order chi connectivity index (χ0) is 12.5. The van der Waals surface area contributed by atoms with E-state index in [1.54, 1.807) is 0 Å². The van der Waals surface area contributed by atoms with Crippen molar-refractivity contribution in [3.63, 3.8) is 0 Å². The molecule has 0 bridgehead atoms. The van der Waals surface area contributed by atoms with Gasteiger partial charge in [-0.3, -0.25) is 10.2 Å². The molecule has 95 valence electrons. The molecule has 1 aliphatic heterocycles. The third-order valence-corrected chi connectivity index (χ3v) is 3.42. The standard InChI is InChI=1S/C15H15N2O.Y/c1-10-7-14-12(15(18)8-10)9-13(16-17-14)11-5-3-2-4-6-11;/h2-6,17H,7-9H2,1H3;/q-1;. The molecule has 0 spiro atoms. The van der Waals surface area contributed by atoms with E-state index < -0.39 is 0 Å². The molecule has 0 saturated carbocycles. The minimum Gasteiger partial charge on any atom is -0.304 e. The number of carbonyl (C=O) groups is 1. The normalized spacial score (nSPS) is 19.2. The van der Waals surface area contributed by atoms with Crippen molar-refractivity contribution >= 4 is 11.5 Å². The van der Waals surface area contributed by atoms with E-state index in [4.69, 9.17) is 0 Å². The number of carbonyl (C=O) groups excluding carboxylic acids is 1. The number of nitrogens with zero attached hydrogens (tertiary/aromatic N) is 1. The molecule has 0 fully saturated rings. The van der Waals surface area contributed by atoms with E-state index in [-0.39, 0.29) is 38.5 Å². The molecule has 0 atom stereocenters. The number of allylic oxidation sites excluding steroid dienone is 2. The van der Waals surface area contributed by atoms with Crippen LogP contribution in [0.2, 0.25) is 0 Å². The topological polar surface area (TPSA) is 41.5 Å². The predicted molar refractivity (Wildman–Crippen MR) is 70.9 cm³/mol. The van der Waals surface area contributed by atoms with Crippen LogP contribution in [0.5, 0.6) is 0 Å². The average molecular weight is 328 g/mol. The molecule has 1 heterocycles. The van der Waals surface area contributed by atoms with Gasteiger partial charge >= 0.3 is 0 Å². The van der Waals surface area contributed by atoms with E-state index in [1.165, 1.54) is 5.92 Å². The van der Waals surface area contributed by atoms with E-state index in [0.29, 0.717) is 12.8 Å². The molecule has 19 heavy (non-hydrogen) atoms. The van der Waals surface area contributed by atoms with Crippen molar-refractivity contribution in [2.75, 3.05) is 0 Å². The van der Waals surface area contributed by atoms with Gasteiger partial charge in [0.1, 0.15) is 5.78 Å². The maximum absolute atomic E-state index is 12.0. The molecular formula is C15H15N2OY-. The third-order valence-electron chi connectivity index (χ3n) is 3.42. The van der Waals surface area contributed by atoms with Crippen molar-refractivity contribution in [2.45, 2.75) is 26.2 Å². The maximum Gasteiger partial charge on any atom is 0.131 e. The predicted octanol–water partition coefficient (Wildman–Crippen LogP) is 2.59. The molecule has 1 aromatic carbocycles. The number of ketones is 1. The molecule has 1 radical (unpaired) electrons. The molecule has 0 aromatic heterocycles. The first kappa shape index (κ1) is 14.6. The van der Waals surface area contributed by atoms with Crippen LogP contribution in [0.3, 0.4) is 0 Å². The first-order valence-electron chi connectivity index (χ1n) is 6.18. The molecule has 0 saturated heterocycles. The Morgan fingerprint density at radius 1 is 1.21 bits per heavy atom. The van der Waals surface area contributed by atoms with Crippen molar-refractivity contribution in [3.8, 4) is 0 Å². The number of hydrazone groups is 1. The van der Waals surface area contributed by atoms with Crippen molar-refractivity contribution < 1.29 is 37.5 Å². The second kappa shape index (κ2) is 6.10. The fourth-order valence-corrected chi connectivity index (χ4v) is 2.47. The number of hydrogen-bond acceptors (Lipinski definition) is 3. The zero-order valence-corrected chi connectivity index (χ0v) is 13.8. The van der Waals surface area contributed by atoms with Gasteiger partial charge in [0.15, 0.2) is 0 Å². The van der Waals surface area contributed by atoms with Gasteiger partial charge < -0.3 is 5.92 Å². The summed E-state index contributed by atoms with van der Waals surface area (Å²) >= 11 is 0. The van der Waals surface area contributed by atoms with Gasteiger partial charge in [-0.2, -0.15) is 12.0 Å². The first-order valence-corrected chi connectivity index (χ1v) is 6.18.